The van der Waals surface area contributed by atoms with Crippen LogP contribution in [-0.2, 0) is 4.79 Å². The van der Waals surface area contributed by atoms with Crippen LogP contribution in [0.1, 0.15) is 30.4 Å². The van der Waals surface area contributed by atoms with Crippen LogP contribution in [0.5, 0.6) is 0 Å². The number of pyridine rings is 1. The molecule has 4 aromatic rings. The maximum absolute atomic E-state index is 11.4. The molecule has 2 aromatic carbocycles. The van der Waals surface area contributed by atoms with E-state index in [-0.39, 0.29) is 18.0 Å². The molecule has 0 unspecified atom stereocenters. The molecule has 1 aliphatic rings. The first-order valence-corrected chi connectivity index (χ1v) is 11.1. The highest BCUT2D eigenvalue weighted by Gasteiger charge is 2.42. The van der Waals surface area contributed by atoms with E-state index in [4.69, 9.17) is 12.2 Å². The predicted molar refractivity (Wildman–Crippen MR) is 134 cm³/mol. The molecule has 1 aliphatic heterocycles. The van der Waals surface area contributed by atoms with Crippen LogP contribution in [0.4, 0.5) is 11.4 Å². The largest absolute Gasteiger partial charge is 0.351 e. The summed E-state index contributed by atoms with van der Waals surface area (Å²) in [5, 5.41) is 6.94. The molecule has 5 rings (SSSR count). The molecule has 1 fully saturated rings. The molecule has 1 saturated heterocycles. The second-order valence-electron chi connectivity index (χ2n) is 7.86. The van der Waals surface area contributed by atoms with Crippen LogP contribution in [-0.4, -0.2) is 20.6 Å². The lowest BCUT2D eigenvalue weighted by molar-refractivity contribution is -0.114. The number of thiocarbonyl (C=S) groups is 1. The van der Waals surface area contributed by atoms with Crippen molar-refractivity contribution in [1.29, 1.82) is 0 Å². The van der Waals surface area contributed by atoms with E-state index >= 15 is 0 Å². The summed E-state index contributed by atoms with van der Waals surface area (Å²) in [6, 6.07) is 27.8. The van der Waals surface area contributed by atoms with E-state index in [9.17, 15) is 4.79 Å². The van der Waals surface area contributed by atoms with Crippen LogP contribution in [0.3, 0.4) is 0 Å². The van der Waals surface area contributed by atoms with Gasteiger partial charge in [0.1, 0.15) is 6.04 Å². The Hall–Kier alpha value is -3.97. The molecule has 164 valence electrons. The zero-order valence-corrected chi connectivity index (χ0v) is 18.9. The van der Waals surface area contributed by atoms with Crippen molar-refractivity contribution in [3.63, 3.8) is 0 Å². The lowest BCUT2D eigenvalue weighted by Crippen LogP contribution is -2.30. The van der Waals surface area contributed by atoms with Crippen LogP contribution in [0.25, 0.3) is 5.69 Å². The van der Waals surface area contributed by atoms with Crippen molar-refractivity contribution in [2.24, 2.45) is 0 Å². The number of anilines is 2. The molecule has 0 aliphatic carbocycles. The molecule has 0 saturated carbocycles. The molecule has 33 heavy (non-hydrogen) atoms. The Morgan fingerprint density at radius 2 is 1.70 bits per heavy atom. The summed E-state index contributed by atoms with van der Waals surface area (Å²) in [7, 11) is 0. The van der Waals surface area contributed by atoms with Crippen molar-refractivity contribution in [3.05, 3.63) is 109 Å². The molecule has 0 bridgehead atoms. The molecule has 2 aromatic heterocycles. The van der Waals surface area contributed by atoms with Crippen molar-refractivity contribution < 1.29 is 4.79 Å². The fourth-order valence-corrected chi connectivity index (χ4v) is 4.65. The van der Waals surface area contributed by atoms with Gasteiger partial charge < -0.3 is 20.1 Å². The van der Waals surface area contributed by atoms with Gasteiger partial charge in [-0.3, -0.25) is 9.78 Å². The number of nitrogens with zero attached hydrogens (tertiary/aromatic N) is 3. The minimum atomic E-state index is -0.133. The zero-order chi connectivity index (χ0) is 22.8. The fourth-order valence-electron chi connectivity index (χ4n) is 4.30. The third-order valence-corrected chi connectivity index (χ3v) is 6.00. The van der Waals surface area contributed by atoms with Gasteiger partial charge in [-0.2, -0.15) is 0 Å². The zero-order valence-electron chi connectivity index (χ0n) is 18.1. The maximum Gasteiger partial charge on any atom is 0.221 e. The van der Waals surface area contributed by atoms with E-state index in [0.717, 1.165) is 28.5 Å². The number of rotatable bonds is 5. The Balaban J connectivity index is 1.61. The number of amides is 1. The molecule has 3 heterocycles. The van der Waals surface area contributed by atoms with Gasteiger partial charge >= 0.3 is 0 Å². The van der Waals surface area contributed by atoms with Gasteiger partial charge in [-0.05, 0) is 72.9 Å². The minimum absolute atomic E-state index is 0.102. The van der Waals surface area contributed by atoms with Crippen LogP contribution < -0.4 is 15.5 Å². The Morgan fingerprint density at radius 1 is 0.939 bits per heavy atom. The number of hydrogen-bond acceptors (Lipinski definition) is 3. The van der Waals surface area contributed by atoms with Gasteiger partial charge in [-0.15, -0.1) is 0 Å². The third-order valence-electron chi connectivity index (χ3n) is 5.68. The highest BCUT2D eigenvalue weighted by atomic mass is 32.1. The number of hydrogen-bond donors (Lipinski definition) is 2. The summed E-state index contributed by atoms with van der Waals surface area (Å²) < 4.78 is 2.19. The quantitative estimate of drug-likeness (QED) is 0.416. The summed E-state index contributed by atoms with van der Waals surface area (Å²) in [6.07, 6.45) is 3.87. The first-order chi connectivity index (χ1) is 16.1. The fraction of sp³-hybridized carbons (Fsp3) is 0.115. The Morgan fingerprint density at radius 3 is 2.39 bits per heavy atom. The monoisotopic (exact) mass is 453 g/mol. The Kier molecular flexibility index (Phi) is 5.62. The van der Waals surface area contributed by atoms with Crippen molar-refractivity contribution in [2.45, 2.75) is 19.0 Å². The first-order valence-electron chi connectivity index (χ1n) is 10.7. The number of para-hydroxylation sites is 1. The van der Waals surface area contributed by atoms with Gasteiger partial charge in [0.15, 0.2) is 5.11 Å². The predicted octanol–water partition coefficient (Wildman–Crippen LogP) is 5.01. The van der Waals surface area contributed by atoms with Gasteiger partial charge in [0.25, 0.3) is 0 Å². The van der Waals surface area contributed by atoms with Gasteiger partial charge in [-0.25, -0.2) is 0 Å². The summed E-state index contributed by atoms with van der Waals surface area (Å²) in [5.74, 6) is -0.102. The molecular formula is C26H23N5OS. The third kappa shape index (κ3) is 4.10. The number of aromatic nitrogens is 2. The van der Waals surface area contributed by atoms with Crippen LogP contribution in [0, 0.1) is 0 Å². The summed E-state index contributed by atoms with van der Waals surface area (Å²) in [6.45, 7) is 1.50. The highest BCUT2D eigenvalue weighted by molar-refractivity contribution is 7.80. The number of carbonyl (C=O) groups excluding carboxylic acids is 1. The smallest absolute Gasteiger partial charge is 0.221 e. The van der Waals surface area contributed by atoms with Gasteiger partial charge in [0.2, 0.25) is 5.91 Å². The summed E-state index contributed by atoms with van der Waals surface area (Å²) in [5.41, 5.74) is 4.77. The average Bonchev–Trinajstić information content (AvgIpc) is 3.45. The van der Waals surface area contributed by atoms with E-state index in [1.807, 2.05) is 60.7 Å². The minimum Gasteiger partial charge on any atom is -0.351 e. The summed E-state index contributed by atoms with van der Waals surface area (Å²) >= 11 is 5.82. The molecule has 0 radical (unpaired) electrons. The molecule has 7 heteroatoms. The number of carbonyl (C=O) groups is 1. The first kappa shape index (κ1) is 20.9. The van der Waals surface area contributed by atoms with Crippen molar-refractivity contribution in [1.82, 2.24) is 14.9 Å². The molecule has 1 amide bonds. The van der Waals surface area contributed by atoms with E-state index in [2.05, 4.69) is 55.5 Å². The van der Waals surface area contributed by atoms with Crippen LogP contribution in [0.15, 0.2) is 97.3 Å². The highest BCUT2D eigenvalue weighted by Crippen LogP contribution is 2.42. The normalized spacial score (nSPS) is 17.6. The van der Waals surface area contributed by atoms with Crippen molar-refractivity contribution >= 4 is 34.6 Å². The second kappa shape index (κ2) is 8.88. The molecular weight excluding hydrogens is 430 g/mol. The average molecular weight is 454 g/mol. The molecule has 2 N–H and O–H groups in total. The lowest BCUT2D eigenvalue weighted by atomic mass is 10.0. The van der Waals surface area contributed by atoms with Gasteiger partial charge in [0.05, 0.1) is 11.7 Å². The molecule has 6 nitrogen and oxygen atoms in total. The summed E-state index contributed by atoms with van der Waals surface area (Å²) in [4.78, 5) is 18.2. The van der Waals surface area contributed by atoms with Crippen LogP contribution >= 0.6 is 12.2 Å². The number of benzene rings is 2. The van der Waals surface area contributed by atoms with Gasteiger partial charge in [0, 0.05) is 42.1 Å². The molecule has 0 spiro atoms. The van der Waals surface area contributed by atoms with Crippen LogP contribution in [0.2, 0.25) is 0 Å². The second-order valence-corrected chi connectivity index (χ2v) is 8.25. The lowest BCUT2D eigenvalue weighted by Gasteiger charge is -2.29. The standard InChI is InChI=1S/C26H23N5OS/c1-18(32)28-19-12-14-21(15-13-19)31-25(24(29-26(31)33)22-10-5-6-16-27-22)23-11-7-17-30(23)20-8-3-2-4-9-20/h2-17,24-25H,1H3,(H,28,32)(H,29,33)/t24-,25+/m0/s1. The van der Waals surface area contributed by atoms with E-state index < -0.39 is 0 Å². The Bertz CT molecular complexity index is 1270. The number of nitrogens with one attached hydrogen (secondary N) is 2. The van der Waals surface area contributed by atoms with Crippen molar-refractivity contribution in [3.8, 4) is 5.69 Å². The molecule has 2 atom stereocenters. The van der Waals surface area contributed by atoms with E-state index in [1.54, 1.807) is 6.20 Å². The maximum atomic E-state index is 11.4. The topological polar surface area (TPSA) is 62.2 Å². The van der Waals surface area contributed by atoms with Crippen molar-refractivity contribution in [2.75, 3.05) is 10.2 Å². The van der Waals surface area contributed by atoms with E-state index in [1.165, 1.54) is 6.92 Å². The van der Waals surface area contributed by atoms with Gasteiger partial charge in [-0.1, -0.05) is 24.3 Å². The SMILES string of the molecule is CC(=O)Nc1ccc(N2C(=S)N[C@@H](c3ccccn3)[C@H]2c2cccn2-c2ccccc2)cc1. The van der Waals surface area contributed by atoms with E-state index in [0.29, 0.717) is 5.11 Å². The Labute approximate surface area is 197 Å².